The first-order valence-corrected chi connectivity index (χ1v) is 15.2. The monoisotopic (exact) mass is 577 g/mol. The van der Waals surface area contributed by atoms with E-state index in [9.17, 15) is 4.79 Å². The van der Waals surface area contributed by atoms with Gasteiger partial charge in [-0.3, -0.25) is 9.36 Å². The lowest BCUT2D eigenvalue weighted by atomic mass is 9.89. The van der Waals surface area contributed by atoms with Crippen LogP contribution in [0.3, 0.4) is 0 Å². The quantitative estimate of drug-likeness (QED) is 0.212. The largest absolute Gasteiger partial charge is 0.324 e. The molecule has 6 rings (SSSR count). The van der Waals surface area contributed by atoms with E-state index in [0.717, 1.165) is 41.8 Å². The zero-order valence-corrected chi connectivity index (χ0v) is 25.2. The number of nitrogens with zero attached hydrogens (tertiary/aromatic N) is 4. The van der Waals surface area contributed by atoms with E-state index >= 15 is 0 Å². The van der Waals surface area contributed by atoms with E-state index in [1.165, 1.54) is 24.0 Å². The van der Waals surface area contributed by atoms with Gasteiger partial charge in [-0.2, -0.15) is 4.98 Å². The minimum Gasteiger partial charge on any atom is -0.324 e. The molecular formula is C35H36ClN5O. The molecule has 1 aliphatic heterocycles. The van der Waals surface area contributed by atoms with Crippen molar-refractivity contribution in [2.45, 2.75) is 46.1 Å². The predicted octanol–water partition coefficient (Wildman–Crippen LogP) is 8.05. The van der Waals surface area contributed by atoms with Gasteiger partial charge < -0.3 is 10.2 Å². The Balaban J connectivity index is 1.26. The van der Waals surface area contributed by atoms with E-state index in [0.29, 0.717) is 40.2 Å². The van der Waals surface area contributed by atoms with Crippen LogP contribution in [0.4, 0.5) is 11.6 Å². The lowest BCUT2D eigenvalue weighted by Crippen LogP contribution is -2.32. The number of anilines is 2. The summed E-state index contributed by atoms with van der Waals surface area (Å²) in [5.74, 6) is 1.07. The Morgan fingerprint density at radius 2 is 1.67 bits per heavy atom. The number of benzene rings is 3. The molecule has 1 N–H and O–H groups in total. The Morgan fingerprint density at radius 3 is 2.36 bits per heavy atom. The van der Waals surface area contributed by atoms with Crippen LogP contribution >= 0.6 is 11.6 Å². The van der Waals surface area contributed by atoms with Crippen LogP contribution in [-0.4, -0.2) is 39.1 Å². The summed E-state index contributed by atoms with van der Waals surface area (Å²) in [6, 6.07) is 24.6. The number of likely N-dealkylation sites (tertiary alicyclic amines) is 1. The number of aromatic nitrogens is 3. The molecule has 214 valence electrons. The molecule has 1 fully saturated rings. The van der Waals surface area contributed by atoms with Crippen LogP contribution in [0.25, 0.3) is 33.3 Å². The topological polar surface area (TPSA) is 63.1 Å². The van der Waals surface area contributed by atoms with Gasteiger partial charge in [0.2, 0.25) is 5.95 Å². The summed E-state index contributed by atoms with van der Waals surface area (Å²) < 4.78 is 1.69. The number of fused-ring (bicyclic) bond motifs is 1. The van der Waals surface area contributed by atoms with Crippen molar-refractivity contribution in [3.05, 3.63) is 105 Å². The summed E-state index contributed by atoms with van der Waals surface area (Å²) in [4.78, 5) is 25.5. The smallest absolute Gasteiger partial charge is 0.260 e. The second-order valence-electron chi connectivity index (χ2n) is 11.1. The normalized spacial score (nSPS) is 14.4. The maximum Gasteiger partial charge on any atom is 0.260 e. The molecule has 2 aromatic heterocycles. The average molecular weight is 578 g/mol. The SMILES string of the molecule is CCN1CCC(c2ccc(Nc3ncc4cc(-c5ccc(-c6cccc(C)c6)cc5Cl)c(=O)n(CC)c4n3)cc2)CC1. The third-order valence-corrected chi connectivity index (χ3v) is 8.74. The third kappa shape index (κ3) is 5.69. The second-order valence-corrected chi connectivity index (χ2v) is 11.5. The Kier molecular flexibility index (Phi) is 8.09. The van der Waals surface area contributed by atoms with Crippen molar-refractivity contribution >= 4 is 34.3 Å². The Bertz CT molecular complexity index is 1790. The second kappa shape index (κ2) is 12.1. The Morgan fingerprint density at radius 1 is 0.905 bits per heavy atom. The first-order chi connectivity index (χ1) is 20.4. The van der Waals surface area contributed by atoms with Gasteiger partial charge in [-0.25, -0.2) is 4.98 Å². The van der Waals surface area contributed by atoms with E-state index in [-0.39, 0.29) is 5.56 Å². The van der Waals surface area contributed by atoms with Gasteiger partial charge in [0.05, 0.1) is 0 Å². The maximum atomic E-state index is 13.7. The summed E-state index contributed by atoms with van der Waals surface area (Å²) in [5.41, 5.74) is 7.29. The van der Waals surface area contributed by atoms with Crippen molar-refractivity contribution < 1.29 is 0 Å². The van der Waals surface area contributed by atoms with E-state index in [2.05, 4.69) is 71.5 Å². The van der Waals surface area contributed by atoms with Crippen LogP contribution in [-0.2, 0) is 6.54 Å². The molecule has 5 aromatic rings. The summed E-state index contributed by atoms with van der Waals surface area (Å²) in [7, 11) is 0. The van der Waals surface area contributed by atoms with Gasteiger partial charge in [0.15, 0.2) is 0 Å². The molecule has 6 nitrogen and oxygen atoms in total. The molecule has 1 aliphatic rings. The highest BCUT2D eigenvalue weighted by Crippen LogP contribution is 2.33. The van der Waals surface area contributed by atoms with Crippen LogP contribution in [0.15, 0.2) is 83.8 Å². The van der Waals surface area contributed by atoms with Gasteiger partial charge in [-0.1, -0.05) is 72.6 Å². The number of nitrogens with one attached hydrogen (secondary N) is 1. The van der Waals surface area contributed by atoms with Crippen molar-refractivity contribution in [3.63, 3.8) is 0 Å². The fourth-order valence-corrected chi connectivity index (χ4v) is 6.28. The maximum absolute atomic E-state index is 13.7. The van der Waals surface area contributed by atoms with Crippen LogP contribution in [0.1, 0.15) is 43.7 Å². The van der Waals surface area contributed by atoms with Crippen molar-refractivity contribution in [3.8, 4) is 22.3 Å². The van der Waals surface area contributed by atoms with Crippen LogP contribution in [0.5, 0.6) is 0 Å². The molecule has 0 atom stereocenters. The van der Waals surface area contributed by atoms with E-state index in [1.807, 2.05) is 37.3 Å². The molecule has 0 aliphatic carbocycles. The predicted molar refractivity (Wildman–Crippen MR) is 174 cm³/mol. The molecule has 0 radical (unpaired) electrons. The van der Waals surface area contributed by atoms with Crippen LogP contribution < -0.4 is 10.9 Å². The Hall–Kier alpha value is -4.00. The van der Waals surface area contributed by atoms with Crippen LogP contribution in [0.2, 0.25) is 5.02 Å². The lowest BCUT2D eigenvalue weighted by Gasteiger charge is -2.31. The highest BCUT2D eigenvalue weighted by atomic mass is 35.5. The van der Waals surface area contributed by atoms with Crippen molar-refractivity contribution in [2.75, 3.05) is 25.0 Å². The highest BCUT2D eigenvalue weighted by molar-refractivity contribution is 6.33. The van der Waals surface area contributed by atoms with Gasteiger partial charge >= 0.3 is 0 Å². The minimum atomic E-state index is -0.127. The molecule has 0 spiro atoms. The zero-order valence-electron chi connectivity index (χ0n) is 24.4. The molecule has 0 saturated carbocycles. The number of pyridine rings is 1. The first kappa shape index (κ1) is 28.1. The average Bonchev–Trinajstić information content (AvgIpc) is 3.01. The van der Waals surface area contributed by atoms with Crippen molar-refractivity contribution in [1.29, 1.82) is 0 Å². The van der Waals surface area contributed by atoms with E-state index < -0.39 is 0 Å². The summed E-state index contributed by atoms with van der Waals surface area (Å²) in [6.07, 6.45) is 4.17. The molecule has 0 amide bonds. The molecule has 0 bridgehead atoms. The van der Waals surface area contributed by atoms with Crippen molar-refractivity contribution in [1.82, 2.24) is 19.4 Å². The molecule has 7 heteroatoms. The fraction of sp³-hybridized carbons (Fsp3) is 0.286. The fourth-order valence-electron chi connectivity index (χ4n) is 5.99. The van der Waals surface area contributed by atoms with Gasteiger partial charge in [0, 0.05) is 40.0 Å². The molecule has 3 aromatic carbocycles. The molecule has 1 saturated heterocycles. The number of halogens is 1. The molecule has 3 heterocycles. The van der Waals surface area contributed by atoms with E-state index in [4.69, 9.17) is 16.6 Å². The Labute approximate surface area is 252 Å². The summed E-state index contributed by atoms with van der Waals surface area (Å²) >= 11 is 6.77. The van der Waals surface area contributed by atoms with Crippen molar-refractivity contribution in [2.24, 2.45) is 0 Å². The molecule has 0 unspecified atom stereocenters. The van der Waals surface area contributed by atoms with Gasteiger partial charge in [0.1, 0.15) is 5.65 Å². The van der Waals surface area contributed by atoms with E-state index in [1.54, 1.807) is 10.8 Å². The number of rotatable bonds is 7. The summed E-state index contributed by atoms with van der Waals surface area (Å²) in [6.45, 7) is 10.2. The lowest BCUT2D eigenvalue weighted by molar-refractivity contribution is 0.222. The molecular weight excluding hydrogens is 542 g/mol. The van der Waals surface area contributed by atoms with Gasteiger partial charge in [-0.05, 0) is 93.2 Å². The van der Waals surface area contributed by atoms with Crippen LogP contribution in [0, 0.1) is 6.92 Å². The minimum absolute atomic E-state index is 0.127. The standard InChI is InChI=1S/C35H36ClN5O/c1-4-40-17-15-25(16-18-40)24-9-12-29(13-10-24)38-35-37-22-28-20-31(34(42)41(5-2)33(28)39-35)30-14-11-27(21-32(30)36)26-8-6-7-23(3)19-26/h6-14,19-22,25H,4-5,15-18H2,1-3H3,(H,37,38,39). The number of hydrogen-bond donors (Lipinski definition) is 1. The number of hydrogen-bond acceptors (Lipinski definition) is 5. The zero-order chi connectivity index (χ0) is 29.2. The number of aryl methyl sites for hydroxylation is 2. The van der Waals surface area contributed by atoms with Gasteiger partial charge in [-0.15, -0.1) is 0 Å². The number of piperidine rings is 1. The highest BCUT2D eigenvalue weighted by Gasteiger charge is 2.20. The van der Waals surface area contributed by atoms with Gasteiger partial charge in [0.25, 0.3) is 5.56 Å². The molecule has 42 heavy (non-hydrogen) atoms. The first-order valence-electron chi connectivity index (χ1n) is 14.8. The third-order valence-electron chi connectivity index (χ3n) is 8.43. The summed E-state index contributed by atoms with van der Waals surface area (Å²) in [5, 5.41) is 4.64.